The number of nitrogens with one attached hydrogen (secondary N) is 2. The lowest BCUT2D eigenvalue weighted by atomic mass is 10.2. The van der Waals surface area contributed by atoms with Gasteiger partial charge in [0.2, 0.25) is 5.91 Å². The van der Waals surface area contributed by atoms with Gasteiger partial charge in [0.25, 0.3) is 0 Å². The van der Waals surface area contributed by atoms with Crippen LogP contribution in [0.1, 0.15) is 0 Å². The van der Waals surface area contributed by atoms with Crippen LogP contribution < -0.4 is 10.2 Å². The molecular formula is C17H16F3N7O2. The molecule has 0 spiro atoms. The Morgan fingerprint density at radius 3 is 2.83 bits per heavy atom. The van der Waals surface area contributed by atoms with Gasteiger partial charge >= 0.3 is 6.18 Å². The SMILES string of the molecule is O=C(NCC(F)(F)F)C1COCCN1c1cnc(-c2c[nH]c3ncncc23)nc1. The highest BCUT2D eigenvalue weighted by Crippen LogP contribution is 2.26. The normalized spacial score (nSPS) is 17.5. The van der Waals surface area contributed by atoms with E-state index in [0.29, 0.717) is 35.9 Å². The summed E-state index contributed by atoms with van der Waals surface area (Å²) in [6.45, 7) is -0.752. The van der Waals surface area contributed by atoms with Crippen molar-refractivity contribution in [3.63, 3.8) is 0 Å². The lowest BCUT2D eigenvalue weighted by molar-refractivity contribution is -0.140. The van der Waals surface area contributed by atoms with Crippen molar-refractivity contribution < 1.29 is 22.7 Å². The lowest BCUT2D eigenvalue weighted by Crippen LogP contribution is -2.55. The number of aromatic amines is 1. The van der Waals surface area contributed by atoms with Crippen LogP contribution in [0, 0.1) is 0 Å². The summed E-state index contributed by atoms with van der Waals surface area (Å²) in [6.07, 6.45) is 3.37. The number of fused-ring (bicyclic) bond motifs is 1. The summed E-state index contributed by atoms with van der Waals surface area (Å²) in [5, 5.41) is 2.66. The molecule has 2 N–H and O–H groups in total. The molecule has 1 saturated heterocycles. The number of alkyl halides is 3. The van der Waals surface area contributed by atoms with Gasteiger partial charge in [0.1, 0.15) is 24.6 Å². The molecule has 0 saturated carbocycles. The Morgan fingerprint density at radius 1 is 1.28 bits per heavy atom. The molecule has 0 radical (unpaired) electrons. The van der Waals surface area contributed by atoms with Crippen LogP contribution in [-0.4, -0.2) is 69.3 Å². The molecule has 0 aliphatic carbocycles. The Kier molecular flexibility index (Phi) is 5.01. The molecule has 9 nitrogen and oxygen atoms in total. The van der Waals surface area contributed by atoms with Crippen molar-refractivity contribution in [3.05, 3.63) is 31.1 Å². The predicted octanol–water partition coefficient (Wildman–Crippen LogP) is 1.30. The van der Waals surface area contributed by atoms with Crippen molar-refractivity contribution >= 4 is 22.6 Å². The van der Waals surface area contributed by atoms with E-state index in [1.54, 1.807) is 17.3 Å². The van der Waals surface area contributed by atoms with Crippen LogP contribution in [0.4, 0.5) is 18.9 Å². The van der Waals surface area contributed by atoms with Gasteiger partial charge in [-0.15, -0.1) is 0 Å². The van der Waals surface area contributed by atoms with E-state index in [4.69, 9.17) is 4.74 Å². The van der Waals surface area contributed by atoms with Gasteiger partial charge in [-0.3, -0.25) is 4.79 Å². The van der Waals surface area contributed by atoms with Crippen LogP contribution in [0.15, 0.2) is 31.1 Å². The average molecular weight is 407 g/mol. The number of hydrogen-bond acceptors (Lipinski definition) is 7. The van der Waals surface area contributed by atoms with Gasteiger partial charge in [-0.25, -0.2) is 19.9 Å². The number of morpholine rings is 1. The largest absolute Gasteiger partial charge is 0.405 e. The van der Waals surface area contributed by atoms with E-state index in [1.807, 2.05) is 5.32 Å². The maximum atomic E-state index is 12.4. The first-order chi connectivity index (χ1) is 13.9. The van der Waals surface area contributed by atoms with E-state index in [-0.39, 0.29) is 6.61 Å². The van der Waals surface area contributed by atoms with E-state index >= 15 is 0 Å². The van der Waals surface area contributed by atoms with Crippen molar-refractivity contribution in [1.82, 2.24) is 30.2 Å². The zero-order valence-corrected chi connectivity index (χ0v) is 15.0. The highest BCUT2D eigenvalue weighted by molar-refractivity contribution is 5.91. The molecule has 4 rings (SSSR count). The quantitative estimate of drug-likeness (QED) is 0.671. The summed E-state index contributed by atoms with van der Waals surface area (Å²) < 4.78 is 42.5. The number of anilines is 1. The van der Waals surface area contributed by atoms with Crippen molar-refractivity contribution in [2.75, 3.05) is 31.2 Å². The Balaban J connectivity index is 1.54. The van der Waals surface area contributed by atoms with Gasteiger partial charge in [-0.05, 0) is 0 Å². The molecule has 1 fully saturated rings. The number of ether oxygens (including phenoxy) is 1. The predicted molar refractivity (Wildman–Crippen MR) is 95.9 cm³/mol. The van der Waals surface area contributed by atoms with Gasteiger partial charge in [-0.2, -0.15) is 13.2 Å². The molecule has 0 bridgehead atoms. The molecular weight excluding hydrogens is 391 g/mol. The van der Waals surface area contributed by atoms with Crippen LogP contribution in [0.2, 0.25) is 0 Å². The third kappa shape index (κ3) is 4.11. The number of carbonyl (C=O) groups excluding carboxylic acids is 1. The maximum absolute atomic E-state index is 12.4. The molecule has 1 aliphatic rings. The summed E-state index contributed by atoms with van der Waals surface area (Å²) >= 11 is 0. The summed E-state index contributed by atoms with van der Waals surface area (Å²) in [5.74, 6) is -0.332. The van der Waals surface area contributed by atoms with Gasteiger partial charge in [-0.1, -0.05) is 0 Å². The second kappa shape index (κ2) is 7.62. The number of rotatable bonds is 4. The number of aromatic nitrogens is 5. The minimum atomic E-state index is -4.48. The minimum Gasteiger partial charge on any atom is -0.377 e. The summed E-state index contributed by atoms with van der Waals surface area (Å²) in [6, 6.07) is -0.901. The second-order valence-electron chi connectivity index (χ2n) is 6.37. The number of carbonyl (C=O) groups is 1. The Labute approximate surface area is 162 Å². The second-order valence-corrected chi connectivity index (χ2v) is 6.37. The van der Waals surface area contributed by atoms with E-state index < -0.39 is 24.7 Å². The first-order valence-electron chi connectivity index (χ1n) is 8.71. The molecule has 29 heavy (non-hydrogen) atoms. The number of amides is 1. The topological polar surface area (TPSA) is 109 Å². The van der Waals surface area contributed by atoms with E-state index in [0.717, 1.165) is 5.39 Å². The Morgan fingerprint density at radius 2 is 2.07 bits per heavy atom. The minimum absolute atomic E-state index is 0.0226. The van der Waals surface area contributed by atoms with Gasteiger partial charge in [0.15, 0.2) is 5.82 Å². The fourth-order valence-corrected chi connectivity index (χ4v) is 3.09. The van der Waals surface area contributed by atoms with Crippen molar-refractivity contribution in [2.24, 2.45) is 0 Å². The van der Waals surface area contributed by atoms with Gasteiger partial charge in [0.05, 0.1) is 31.3 Å². The monoisotopic (exact) mass is 407 g/mol. The number of halogens is 3. The molecule has 3 aromatic rings. The zero-order valence-electron chi connectivity index (χ0n) is 15.0. The van der Waals surface area contributed by atoms with Crippen molar-refractivity contribution in [1.29, 1.82) is 0 Å². The molecule has 1 amide bonds. The van der Waals surface area contributed by atoms with Gasteiger partial charge in [0, 0.05) is 29.9 Å². The molecule has 1 aliphatic heterocycles. The molecule has 1 atom stereocenters. The van der Waals surface area contributed by atoms with Crippen LogP contribution in [0.3, 0.4) is 0 Å². The smallest absolute Gasteiger partial charge is 0.377 e. The van der Waals surface area contributed by atoms with Crippen LogP contribution in [0.5, 0.6) is 0 Å². The molecule has 1 unspecified atom stereocenters. The lowest BCUT2D eigenvalue weighted by Gasteiger charge is -2.35. The van der Waals surface area contributed by atoms with Gasteiger partial charge < -0.3 is 19.9 Å². The summed E-state index contributed by atoms with van der Waals surface area (Å²) in [5.41, 5.74) is 1.88. The number of H-pyrrole nitrogens is 1. The first kappa shape index (κ1) is 19.1. The fourth-order valence-electron chi connectivity index (χ4n) is 3.09. The van der Waals surface area contributed by atoms with E-state index in [9.17, 15) is 18.0 Å². The van der Waals surface area contributed by atoms with Crippen LogP contribution >= 0.6 is 0 Å². The molecule has 12 heteroatoms. The molecule has 152 valence electrons. The molecule has 0 aromatic carbocycles. The van der Waals surface area contributed by atoms with E-state index in [1.165, 1.54) is 18.7 Å². The van der Waals surface area contributed by atoms with E-state index in [2.05, 4.69) is 24.9 Å². The van der Waals surface area contributed by atoms with Crippen molar-refractivity contribution in [3.8, 4) is 11.4 Å². The zero-order chi connectivity index (χ0) is 20.4. The third-order valence-corrected chi connectivity index (χ3v) is 4.46. The molecule has 4 heterocycles. The standard InChI is InChI=1S/C17H16F3N7O2/c18-17(19,20)8-25-16(28)13-7-29-2-1-27(13)10-3-22-14(23-4-10)12-6-24-15-11(12)5-21-9-26-15/h3-6,9,13H,1-2,7-8H2,(H,25,28)(H,21,24,26). The summed E-state index contributed by atoms with van der Waals surface area (Å²) in [7, 11) is 0. The highest BCUT2D eigenvalue weighted by atomic mass is 19.4. The third-order valence-electron chi connectivity index (χ3n) is 4.46. The average Bonchev–Trinajstić information content (AvgIpc) is 3.16. The Hall–Kier alpha value is -3.28. The maximum Gasteiger partial charge on any atom is 0.405 e. The highest BCUT2D eigenvalue weighted by Gasteiger charge is 2.34. The van der Waals surface area contributed by atoms with Crippen molar-refractivity contribution in [2.45, 2.75) is 12.2 Å². The van der Waals surface area contributed by atoms with Crippen LogP contribution in [0.25, 0.3) is 22.4 Å². The Bertz CT molecular complexity index is 1010. The number of nitrogens with zero attached hydrogens (tertiary/aromatic N) is 5. The molecule has 3 aromatic heterocycles. The first-order valence-corrected chi connectivity index (χ1v) is 8.71. The summed E-state index contributed by atoms with van der Waals surface area (Å²) in [4.78, 5) is 33.7. The number of hydrogen-bond donors (Lipinski definition) is 2. The van der Waals surface area contributed by atoms with Crippen LogP contribution in [-0.2, 0) is 9.53 Å². The fraction of sp³-hybridized carbons (Fsp3) is 0.353.